The normalized spacial score (nSPS) is 14.7. The minimum atomic E-state index is 0.223. The molecule has 1 aromatic carbocycles. The fraction of sp³-hybridized carbons (Fsp3) is 0.435. The van der Waals surface area contributed by atoms with E-state index in [1.54, 1.807) is 0 Å². The first-order valence-electron chi connectivity index (χ1n) is 11.0. The molecule has 0 atom stereocenters. The topological polar surface area (TPSA) is 109 Å². The molecule has 0 bridgehead atoms. The first kappa shape index (κ1) is 21.9. The van der Waals surface area contributed by atoms with Crippen LogP contribution in [-0.4, -0.2) is 56.0 Å². The van der Waals surface area contributed by atoms with Crippen LogP contribution in [-0.2, 0) is 6.54 Å². The van der Waals surface area contributed by atoms with Crippen molar-refractivity contribution < 1.29 is 0 Å². The van der Waals surface area contributed by atoms with E-state index in [9.17, 15) is 0 Å². The van der Waals surface area contributed by atoms with Gasteiger partial charge < -0.3 is 16.0 Å². The van der Waals surface area contributed by atoms with Crippen molar-refractivity contribution in [1.29, 1.82) is 0 Å². The molecule has 1 aliphatic heterocycles. The number of aromatic nitrogens is 5. The molecule has 0 radical (unpaired) electrons. The Morgan fingerprint density at radius 1 is 0.938 bits per heavy atom. The lowest BCUT2D eigenvalue weighted by molar-refractivity contribution is 0.243. The van der Waals surface area contributed by atoms with Gasteiger partial charge in [-0.1, -0.05) is 31.5 Å². The van der Waals surface area contributed by atoms with Crippen molar-refractivity contribution in [1.82, 2.24) is 29.8 Å². The molecule has 168 valence electrons. The third-order valence-electron chi connectivity index (χ3n) is 5.44. The monoisotopic (exact) mass is 433 g/mol. The highest BCUT2D eigenvalue weighted by atomic mass is 15.3. The Kier molecular flexibility index (Phi) is 6.45. The molecule has 1 fully saturated rings. The Balaban J connectivity index is 1.39. The zero-order chi connectivity index (χ0) is 22.7. The van der Waals surface area contributed by atoms with E-state index in [1.165, 1.54) is 5.56 Å². The van der Waals surface area contributed by atoms with Gasteiger partial charge in [0.1, 0.15) is 17.5 Å². The molecule has 9 heteroatoms. The number of aryl methyl sites for hydroxylation is 2. The quantitative estimate of drug-likeness (QED) is 0.606. The molecule has 0 aliphatic carbocycles. The predicted molar refractivity (Wildman–Crippen MR) is 127 cm³/mol. The van der Waals surface area contributed by atoms with Gasteiger partial charge in [-0.25, -0.2) is 9.97 Å². The predicted octanol–water partition coefficient (Wildman–Crippen LogP) is 3.05. The summed E-state index contributed by atoms with van der Waals surface area (Å²) < 4.78 is 0. The largest absolute Gasteiger partial charge is 0.368 e. The SMILES string of the molecule is Cc1ccc(Nc2nc(N)nc(CN3CCN(c4cc(C)nc(C(C)C)n4)CC3)n2)cc1. The highest BCUT2D eigenvalue weighted by Gasteiger charge is 2.21. The van der Waals surface area contributed by atoms with Gasteiger partial charge in [0.05, 0.1) is 6.54 Å². The lowest BCUT2D eigenvalue weighted by Crippen LogP contribution is -2.46. The van der Waals surface area contributed by atoms with Crippen LogP contribution >= 0.6 is 0 Å². The number of nitrogens with one attached hydrogen (secondary N) is 1. The minimum absolute atomic E-state index is 0.223. The van der Waals surface area contributed by atoms with Crippen molar-refractivity contribution in [2.45, 2.75) is 40.2 Å². The number of hydrogen-bond acceptors (Lipinski definition) is 9. The second kappa shape index (κ2) is 9.44. The fourth-order valence-electron chi connectivity index (χ4n) is 3.66. The zero-order valence-corrected chi connectivity index (χ0v) is 19.2. The van der Waals surface area contributed by atoms with E-state index in [4.69, 9.17) is 10.7 Å². The molecule has 0 amide bonds. The third-order valence-corrected chi connectivity index (χ3v) is 5.44. The molecule has 3 aromatic rings. The van der Waals surface area contributed by atoms with Crippen molar-refractivity contribution >= 4 is 23.4 Å². The van der Waals surface area contributed by atoms with Gasteiger partial charge in [0.2, 0.25) is 11.9 Å². The summed E-state index contributed by atoms with van der Waals surface area (Å²) in [5, 5.41) is 3.21. The molecule has 1 aliphatic rings. The molecule has 0 saturated carbocycles. The highest BCUT2D eigenvalue weighted by molar-refractivity contribution is 5.54. The van der Waals surface area contributed by atoms with Gasteiger partial charge >= 0.3 is 0 Å². The molecule has 0 unspecified atom stereocenters. The van der Waals surface area contributed by atoms with Crippen LogP contribution in [0.3, 0.4) is 0 Å². The standard InChI is InChI=1S/C23H31N9/c1-15(2)21-25-17(4)13-20(29-21)32-11-9-31(10-12-32)14-19-27-22(24)30-23(28-19)26-18-7-5-16(3)6-8-18/h5-8,13,15H,9-12,14H2,1-4H3,(H3,24,26,27,28,30). The van der Waals surface area contributed by atoms with Crippen molar-refractivity contribution in [2.24, 2.45) is 0 Å². The van der Waals surface area contributed by atoms with Gasteiger partial charge in [0, 0.05) is 49.5 Å². The van der Waals surface area contributed by atoms with Crippen LogP contribution in [0.1, 0.15) is 42.7 Å². The zero-order valence-electron chi connectivity index (χ0n) is 19.2. The number of nitrogens with zero attached hydrogens (tertiary/aromatic N) is 7. The number of piperazine rings is 1. The van der Waals surface area contributed by atoms with Gasteiger partial charge in [0.25, 0.3) is 0 Å². The van der Waals surface area contributed by atoms with Gasteiger partial charge in [-0.15, -0.1) is 0 Å². The Labute approximate surface area is 189 Å². The summed E-state index contributed by atoms with van der Waals surface area (Å²) in [7, 11) is 0. The Bertz CT molecular complexity index is 1060. The van der Waals surface area contributed by atoms with Gasteiger partial charge in [-0.2, -0.15) is 15.0 Å². The van der Waals surface area contributed by atoms with Gasteiger partial charge in [-0.3, -0.25) is 4.90 Å². The molecule has 9 nitrogen and oxygen atoms in total. The minimum Gasteiger partial charge on any atom is -0.368 e. The average molecular weight is 434 g/mol. The van der Waals surface area contributed by atoms with Crippen LogP contribution in [0.25, 0.3) is 0 Å². The summed E-state index contributed by atoms with van der Waals surface area (Å²) in [6.45, 7) is 12.5. The number of benzene rings is 1. The van der Waals surface area contributed by atoms with Crippen LogP contribution in [0.2, 0.25) is 0 Å². The van der Waals surface area contributed by atoms with E-state index < -0.39 is 0 Å². The maximum absolute atomic E-state index is 5.95. The van der Waals surface area contributed by atoms with Crippen molar-refractivity contribution in [3.8, 4) is 0 Å². The lowest BCUT2D eigenvalue weighted by atomic mass is 10.2. The van der Waals surface area contributed by atoms with Crippen molar-refractivity contribution in [3.05, 3.63) is 53.2 Å². The van der Waals surface area contributed by atoms with Crippen molar-refractivity contribution in [2.75, 3.05) is 42.1 Å². The van der Waals surface area contributed by atoms with E-state index >= 15 is 0 Å². The van der Waals surface area contributed by atoms with Crippen LogP contribution in [0.5, 0.6) is 0 Å². The molecular weight excluding hydrogens is 402 g/mol. The Hall–Kier alpha value is -3.33. The maximum Gasteiger partial charge on any atom is 0.232 e. The fourth-order valence-corrected chi connectivity index (χ4v) is 3.66. The molecule has 4 rings (SSSR count). The number of hydrogen-bond donors (Lipinski definition) is 2. The third kappa shape index (κ3) is 5.47. The summed E-state index contributed by atoms with van der Waals surface area (Å²) in [5.41, 5.74) is 9.08. The molecule has 3 N–H and O–H groups in total. The maximum atomic E-state index is 5.95. The lowest BCUT2D eigenvalue weighted by Gasteiger charge is -2.35. The first-order valence-corrected chi connectivity index (χ1v) is 11.0. The van der Waals surface area contributed by atoms with Gasteiger partial charge in [0.15, 0.2) is 0 Å². The van der Waals surface area contributed by atoms with Crippen LogP contribution in [0.4, 0.5) is 23.4 Å². The summed E-state index contributed by atoms with van der Waals surface area (Å²) in [4.78, 5) is 27.1. The molecule has 3 heterocycles. The summed E-state index contributed by atoms with van der Waals surface area (Å²) in [6.07, 6.45) is 0. The van der Waals surface area contributed by atoms with Gasteiger partial charge in [-0.05, 0) is 26.0 Å². The summed E-state index contributed by atoms with van der Waals surface area (Å²) in [5.74, 6) is 3.58. The van der Waals surface area contributed by atoms with E-state index in [0.717, 1.165) is 49.2 Å². The Morgan fingerprint density at radius 3 is 2.34 bits per heavy atom. The van der Waals surface area contributed by atoms with E-state index in [2.05, 4.69) is 61.9 Å². The van der Waals surface area contributed by atoms with Crippen LogP contribution in [0, 0.1) is 13.8 Å². The average Bonchev–Trinajstić information content (AvgIpc) is 2.75. The molecular formula is C23H31N9. The number of rotatable bonds is 6. The van der Waals surface area contributed by atoms with Crippen LogP contribution < -0.4 is 16.0 Å². The van der Waals surface area contributed by atoms with E-state index in [1.807, 2.05) is 31.2 Å². The smallest absolute Gasteiger partial charge is 0.232 e. The number of nitrogen functional groups attached to an aromatic ring is 1. The Morgan fingerprint density at radius 2 is 1.66 bits per heavy atom. The molecule has 32 heavy (non-hydrogen) atoms. The summed E-state index contributed by atoms with van der Waals surface area (Å²) in [6, 6.07) is 10.1. The van der Waals surface area contributed by atoms with Crippen LogP contribution in [0.15, 0.2) is 30.3 Å². The molecule has 0 spiro atoms. The second-order valence-corrected chi connectivity index (χ2v) is 8.57. The van der Waals surface area contributed by atoms with E-state index in [0.29, 0.717) is 24.2 Å². The van der Waals surface area contributed by atoms with Crippen molar-refractivity contribution in [3.63, 3.8) is 0 Å². The van der Waals surface area contributed by atoms with E-state index in [-0.39, 0.29) is 5.95 Å². The molecule has 1 saturated heterocycles. The highest BCUT2D eigenvalue weighted by Crippen LogP contribution is 2.20. The molecule has 2 aromatic heterocycles. The second-order valence-electron chi connectivity index (χ2n) is 8.57. The number of anilines is 4. The first-order chi connectivity index (χ1) is 15.4. The number of nitrogens with two attached hydrogens (primary N) is 1. The summed E-state index contributed by atoms with van der Waals surface area (Å²) >= 11 is 0.